The number of nitrogens with one attached hydrogen (secondary N) is 2. The number of aliphatic hydroxyl groups is 1. The minimum Gasteiger partial charge on any atom is -0.462 e. The summed E-state index contributed by atoms with van der Waals surface area (Å²) in [5, 5.41) is 16.0. The van der Waals surface area contributed by atoms with Crippen molar-refractivity contribution in [2.75, 3.05) is 46.4 Å². The van der Waals surface area contributed by atoms with E-state index in [0.29, 0.717) is 37.6 Å². The van der Waals surface area contributed by atoms with Crippen molar-refractivity contribution in [1.82, 2.24) is 15.5 Å². The molecule has 0 saturated carbocycles. The monoisotopic (exact) mass is 808 g/mol. The second-order valence-electron chi connectivity index (χ2n) is 16.4. The number of rotatable bonds is 42. The van der Waals surface area contributed by atoms with Crippen LogP contribution in [0.25, 0.3) is 0 Å². The molecule has 0 saturated heterocycles. The van der Waals surface area contributed by atoms with Gasteiger partial charge in [-0.25, -0.2) is 4.79 Å². The maximum Gasteiger partial charge on any atom is 0.508 e. The number of nitrogens with zero attached hydrogens (tertiary/aromatic N) is 1. The summed E-state index contributed by atoms with van der Waals surface area (Å²) in [6, 6.07) is 0. The second-order valence-corrected chi connectivity index (χ2v) is 16.4. The number of hydrogen-bond acceptors (Lipinski definition) is 10. The third-order valence-electron chi connectivity index (χ3n) is 11.2. The van der Waals surface area contributed by atoms with Crippen LogP contribution in [0.2, 0.25) is 0 Å². The summed E-state index contributed by atoms with van der Waals surface area (Å²) in [5.41, 5.74) is 1.08. The number of aliphatic hydroxyl groups excluding tert-OH is 1. The zero-order valence-corrected chi connectivity index (χ0v) is 37.5. The zero-order chi connectivity index (χ0) is 41.6. The van der Waals surface area contributed by atoms with Crippen molar-refractivity contribution in [2.45, 2.75) is 226 Å². The van der Waals surface area contributed by atoms with Crippen molar-refractivity contribution in [2.24, 2.45) is 0 Å². The molecule has 1 rings (SSSR count). The molecule has 0 aromatic carbocycles. The number of unbranched alkanes of at least 4 members (excludes halogenated alkanes) is 21. The highest BCUT2D eigenvalue weighted by Gasteiger charge is 2.37. The van der Waals surface area contributed by atoms with Gasteiger partial charge in [-0.3, -0.25) is 9.59 Å². The average Bonchev–Trinajstić information content (AvgIpc) is 3.21. The molecular formula is C47H89N3O7. The van der Waals surface area contributed by atoms with Crippen LogP contribution in [0.1, 0.15) is 213 Å². The van der Waals surface area contributed by atoms with Gasteiger partial charge in [0.05, 0.1) is 18.9 Å². The van der Waals surface area contributed by atoms with E-state index in [1.807, 2.05) is 0 Å². The number of carbonyl (C=O) groups excluding carboxylic acids is 3. The number of Topliss-reactive ketones (excluding diaryl/α,β-unsaturated/α-hetero) is 1. The summed E-state index contributed by atoms with van der Waals surface area (Å²) in [6.07, 6.45) is 32.1. The summed E-state index contributed by atoms with van der Waals surface area (Å²) < 4.78 is 16.5. The molecule has 0 bridgehead atoms. The number of hydrogen-bond donors (Lipinski definition) is 3. The highest BCUT2D eigenvalue weighted by molar-refractivity contribution is 6.07. The first-order chi connectivity index (χ1) is 27.9. The molecule has 0 aromatic heterocycles. The van der Waals surface area contributed by atoms with Crippen LogP contribution in [-0.4, -0.2) is 86.6 Å². The van der Waals surface area contributed by atoms with Gasteiger partial charge in [-0.15, -0.1) is 0 Å². The lowest BCUT2D eigenvalue weighted by Crippen LogP contribution is -2.47. The van der Waals surface area contributed by atoms with Crippen LogP contribution in [0.3, 0.4) is 0 Å². The number of carbonyl (C=O) groups is 3. The summed E-state index contributed by atoms with van der Waals surface area (Å²) in [4.78, 5) is 39.2. The van der Waals surface area contributed by atoms with E-state index >= 15 is 0 Å². The highest BCUT2D eigenvalue weighted by Crippen LogP contribution is 2.20. The lowest BCUT2D eigenvalue weighted by Gasteiger charge is -2.29. The molecule has 0 spiro atoms. The normalized spacial score (nSPS) is 14.0. The number of ether oxygens (including phenoxy) is 3. The Hall–Kier alpha value is -2.33. The molecule has 0 aromatic rings. The molecule has 1 aliphatic carbocycles. The maximum absolute atomic E-state index is 12.8. The second kappa shape index (κ2) is 37.9. The molecule has 1 atom stereocenters. The van der Waals surface area contributed by atoms with Crippen LogP contribution in [0, 0.1) is 0 Å². The van der Waals surface area contributed by atoms with Crippen LogP contribution in [0.5, 0.6) is 0 Å². The van der Waals surface area contributed by atoms with Gasteiger partial charge in [0.25, 0.3) is 0 Å². The van der Waals surface area contributed by atoms with Crippen LogP contribution >= 0.6 is 0 Å². The van der Waals surface area contributed by atoms with E-state index in [2.05, 4.69) is 36.3 Å². The first-order valence-electron chi connectivity index (χ1n) is 24.0. The van der Waals surface area contributed by atoms with E-state index in [0.717, 1.165) is 122 Å². The molecule has 57 heavy (non-hydrogen) atoms. The Kier molecular flexibility index (Phi) is 35.0. The van der Waals surface area contributed by atoms with E-state index in [1.165, 1.54) is 83.5 Å². The predicted octanol–water partition coefficient (Wildman–Crippen LogP) is 11.1. The fourth-order valence-corrected chi connectivity index (χ4v) is 7.55. The van der Waals surface area contributed by atoms with Crippen LogP contribution < -0.4 is 10.6 Å². The van der Waals surface area contributed by atoms with Crippen LogP contribution in [-0.2, 0) is 23.8 Å². The molecule has 0 fully saturated rings. The minimum atomic E-state index is -1.03. The Morgan fingerprint density at radius 3 is 1.56 bits per heavy atom. The van der Waals surface area contributed by atoms with E-state index in [4.69, 9.17) is 14.2 Å². The lowest BCUT2D eigenvalue weighted by atomic mass is 9.95. The third kappa shape index (κ3) is 28.7. The van der Waals surface area contributed by atoms with Crippen LogP contribution in [0.4, 0.5) is 4.79 Å². The third-order valence-corrected chi connectivity index (χ3v) is 11.2. The molecule has 10 heteroatoms. The standard InChI is InChI=1S/C47H89N3O7/c1-5-8-11-14-17-24-32-41(33-25-18-15-12-9-6-2)57-42(51)34-26-19-16-20-27-36-50(38-31-35-49-44-43(48-4)45(52)46(44)53)37-28-21-23-30-40-56-47(54)55-39-29-22-13-10-7-3/h41,45,48-49,52H,5-40H2,1-4H3. The smallest absolute Gasteiger partial charge is 0.462 e. The van der Waals surface area contributed by atoms with Gasteiger partial charge in [-0.2, -0.15) is 0 Å². The minimum absolute atomic E-state index is 0.00729. The summed E-state index contributed by atoms with van der Waals surface area (Å²) in [5.74, 6) is -0.252. The fraction of sp³-hybridized carbons (Fsp3) is 0.894. The molecule has 3 N–H and O–H groups in total. The molecule has 0 amide bonds. The molecule has 1 unspecified atom stereocenters. The average molecular weight is 808 g/mol. The van der Waals surface area contributed by atoms with Gasteiger partial charge in [-0.05, 0) is 83.8 Å². The van der Waals surface area contributed by atoms with Crippen molar-refractivity contribution in [3.63, 3.8) is 0 Å². The number of ketones is 1. The fourth-order valence-electron chi connectivity index (χ4n) is 7.55. The van der Waals surface area contributed by atoms with Gasteiger partial charge < -0.3 is 34.9 Å². The van der Waals surface area contributed by atoms with Gasteiger partial charge in [0, 0.05) is 20.0 Å². The van der Waals surface area contributed by atoms with Crippen LogP contribution in [0.15, 0.2) is 11.4 Å². The van der Waals surface area contributed by atoms with Crippen molar-refractivity contribution in [3.8, 4) is 0 Å². The van der Waals surface area contributed by atoms with Gasteiger partial charge >= 0.3 is 12.1 Å². The molecule has 0 aliphatic heterocycles. The predicted molar refractivity (Wildman–Crippen MR) is 234 cm³/mol. The summed E-state index contributed by atoms with van der Waals surface area (Å²) in [6.45, 7) is 11.2. The quantitative estimate of drug-likeness (QED) is 0.0405. The zero-order valence-electron chi connectivity index (χ0n) is 37.5. The Morgan fingerprint density at radius 1 is 0.614 bits per heavy atom. The van der Waals surface area contributed by atoms with E-state index in [9.17, 15) is 19.5 Å². The molecule has 0 heterocycles. The molecular weight excluding hydrogens is 719 g/mol. The SMILES string of the molecule is CCCCCCCCC(CCCCCCCC)OC(=O)CCCCCCCN(CCCCCCOC(=O)OCCCCCCC)CCCNC1=C(NC)C(O)C1=O. The van der Waals surface area contributed by atoms with Gasteiger partial charge in [0.15, 0.2) is 6.10 Å². The lowest BCUT2D eigenvalue weighted by molar-refractivity contribution is -0.150. The van der Waals surface area contributed by atoms with E-state index < -0.39 is 12.3 Å². The maximum atomic E-state index is 12.8. The van der Waals surface area contributed by atoms with E-state index in [1.54, 1.807) is 7.05 Å². The topological polar surface area (TPSA) is 126 Å². The Balaban J connectivity index is 2.37. The summed E-state index contributed by atoms with van der Waals surface area (Å²) in [7, 11) is 1.72. The molecule has 0 radical (unpaired) electrons. The van der Waals surface area contributed by atoms with Gasteiger partial charge in [0.2, 0.25) is 5.78 Å². The highest BCUT2D eigenvalue weighted by atomic mass is 16.7. The van der Waals surface area contributed by atoms with Crippen molar-refractivity contribution >= 4 is 17.9 Å². The first-order valence-corrected chi connectivity index (χ1v) is 24.0. The summed E-state index contributed by atoms with van der Waals surface area (Å²) >= 11 is 0. The van der Waals surface area contributed by atoms with Crippen molar-refractivity contribution in [3.05, 3.63) is 11.4 Å². The Morgan fingerprint density at radius 2 is 1.05 bits per heavy atom. The van der Waals surface area contributed by atoms with Crippen molar-refractivity contribution < 1.29 is 33.7 Å². The number of esters is 1. The Bertz CT molecular complexity index is 1010. The van der Waals surface area contributed by atoms with Gasteiger partial charge in [-0.1, -0.05) is 143 Å². The van der Waals surface area contributed by atoms with E-state index in [-0.39, 0.29) is 17.9 Å². The first kappa shape index (κ1) is 52.7. The molecule has 1 aliphatic rings. The Labute approximate surface area is 349 Å². The molecule has 10 nitrogen and oxygen atoms in total. The van der Waals surface area contributed by atoms with Gasteiger partial charge in [0.1, 0.15) is 11.8 Å². The molecule has 334 valence electrons. The number of likely N-dealkylation sites (N-methyl/N-ethyl adjacent to an activating group) is 1. The van der Waals surface area contributed by atoms with Crippen molar-refractivity contribution in [1.29, 1.82) is 0 Å². The largest absolute Gasteiger partial charge is 0.508 e.